The molecule has 0 spiro atoms. The van der Waals surface area contributed by atoms with Gasteiger partial charge in [-0.25, -0.2) is 8.42 Å². The topological polar surface area (TPSA) is 54.5 Å². The highest BCUT2D eigenvalue weighted by molar-refractivity contribution is 7.99. The number of thioether (sulfide) groups is 1. The van der Waals surface area contributed by atoms with Gasteiger partial charge in [0.2, 0.25) is 9.84 Å². The van der Waals surface area contributed by atoms with Gasteiger partial charge in [-0.05, 0) is 36.6 Å². The monoisotopic (exact) mass is 425 g/mol. The summed E-state index contributed by atoms with van der Waals surface area (Å²) in [6.07, 6.45) is 0.713. The minimum atomic E-state index is -4.85. The lowest BCUT2D eigenvalue weighted by Gasteiger charge is -2.22. The molecule has 1 aliphatic heterocycles. The van der Waals surface area contributed by atoms with E-state index in [4.69, 9.17) is 0 Å². The van der Waals surface area contributed by atoms with Gasteiger partial charge < -0.3 is 4.90 Å². The number of hydrogen-bond donors (Lipinski definition) is 0. The number of halogens is 2. The smallest absolute Gasteiger partial charge is 0.338 e. The molecular weight excluding hydrogens is 404 g/mol. The Morgan fingerprint density at radius 1 is 1.11 bits per heavy atom. The first-order valence-corrected chi connectivity index (χ1v) is 11.5. The number of alkyl halides is 2. The fourth-order valence-electron chi connectivity index (χ4n) is 3.33. The molecule has 2 aromatic carbocycles. The van der Waals surface area contributed by atoms with Crippen LogP contribution in [0.15, 0.2) is 53.4 Å². The second-order valence-electron chi connectivity index (χ2n) is 6.60. The van der Waals surface area contributed by atoms with Gasteiger partial charge in [0.25, 0.3) is 5.91 Å². The van der Waals surface area contributed by atoms with Gasteiger partial charge in [-0.2, -0.15) is 20.5 Å². The number of rotatable bonds is 4. The number of aryl methyl sites for hydroxylation is 1. The van der Waals surface area contributed by atoms with E-state index in [1.54, 1.807) is 16.7 Å². The molecule has 1 atom stereocenters. The zero-order valence-corrected chi connectivity index (χ0v) is 17.0. The highest BCUT2D eigenvalue weighted by atomic mass is 32.2. The first-order valence-electron chi connectivity index (χ1n) is 8.90. The normalized spacial score (nSPS) is 18.1. The highest BCUT2D eigenvalue weighted by Crippen LogP contribution is 2.36. The van der Waals surface area contributed by atoms with Crippen LogP contribution >= 0.6 is 11.8 Å². The SMILES string of the molecule is Cc1ccccc1C1CCN(C(=O)c2ccccc2S(=O)(=O)C(F)F)CCS1. The minimum absolute atomic E-state index is 0.192. The second kappa shape index (κ2) is 8.61. The predicted molar refractivity (Wildman–Crippen MR) is 107 cm³/mol. The Kier molecular flexibility index (Phi) is 6.40. The first-order chi connectivity index (χ1) is 13.3. The average molecular weight is 426 g/mol. The summed E-state index contributed by atoms with van der Waals surface area (Å²) in [5.74, 6) is -3.40. The van der Waals surface area contributed by atoms with Gasteiger partial charge in [-0.15, -0.1) is 0 Å². The van der Waals surface area contributed by atoms with Crippen molar-refractivity contribution in [1.82, 2.24) is 4.90 Å². The fourth-order valence-corrected chi connectivity index (χ4v) is 5.58. The van der Waals surface area contributed by atoms with Gasteiger partial charge in [0.15, 0.2) is 0 Å². The van der Waals surface area contributed by atoms with E-state index in [9.17, 15) is 22.0 Å². The largest absolute Gasteiger partial charge is 0.341 e. The average Bonchev–Trinajstić information content (AvgIpc) is 2.94. The van der Waals surface area contributed by atoms with Crippen molar-refractivity contribution in [2.75, 3.05) is 18.8 Å². The molecule has 1 saturated heterocycles. The van der Waals surface area contributed by atoms with Gasteiger partial charge in [-0.3, -0.25) is 4.79 Å². The van der Waals surface area contributed by atoms with Gasteiger partial charge in [0, 0.05) is 24.1 Å². The summed E-state index contributed by atoms with van der Waals surface area (Å²) in [5.41, 5.74) is 2.22. The van der Waals surface area contributed by atoms with E-state index < -0.39 is 26.4 Å². The molecule has 1 heterocycles. The van der Waals surface area contributed by atoms with E-state index in [2.05, 4.69) is 19.1 Å². The number of carbonyl (C=O) groups is 1. The van der Waals surface area contributed by atoms with Crippen LogP contribution in [0.25, 0.3) is 0 Å². The van der Waals surface area contributed by atoms with E-state index in [0.29, 0.717) is 25.3 Å². The van der Waals surface area contributed by atoms with E-state index in [1.807, 2.05) is 12.1 Å². The Balaban J connectivity index is 1.83. The number of hydrogen-bond acceptors (Lipinski definition) is 4. The summed E-state index contributed by atoms with van der Waals surface area (Å²) in [4.78, 5) is 13.9. The number of carbonyl (C=O) groups excluding carboxylic acids is 1. The van der Waals surface area contributed by atoms with Crippen LogP contribution in [0, 0.1) is 6.92 Å². The van der Waals surface area contributed by atoms with Crippen LogP contribution < -0.4 is 0 Å². The summed E-state index contributed by atoms with van der Waals surface area (Å²) in [6, 6.07) is 13.3. The fraction of sp³-hybridized carbons (Fsp3) is 0.350. The quantitative estimate of drug-likeness (QED) is 0.733. The highest BCUT2D eigenvalue weighted by Gasteiger charge is 2.32. The van der Waals surface area contributed by atoms with Crippen molar-refractivity contribution in [3.05, 3.63) is 65.2 Å². The lowest BCUT2D eigenvalue weighted by molar-refractivity contribution is 0.0762. The molecule has 28 heavy (non-hydrogen) atoms. The summed E-state index contributed by atoms with van der Waals surface area (Å²) in [7, 11) is -4.85. The Morgan fingerprint density at radius 3 is 2.50 bits per heavy atom. The van der Waals surface area contributed by atoms with Crippen molar-refractivity contribution in [2.45, 2.75) is 29.2 Å². The molecule has 1 amide bonds. The van der Waals surface area contributed by atoms with E-state index in [1.165, 1.54) is 29.3 Å². The van der Waals surface area contributed by atoms with E-state index >= 15 is 0 Å². The molecular formula is C20H21F2NO3S2. The van der Waals surface area contributed by atoms with Crippen LogP contribution in [0.3, 0.4) is 0 Å². The van der Waals surface area contributed by atoms with Crippen molar-refractivity contribution >= 4 is 27.5 Å². The van der Waals surface area contributed by atoms with Gasteiger partial charge in [0.05, 0.1) is 10.5 Å². The molecule has 150 valence electrons. The third-order valence-electron chi connectivity index (χ3n) is 4.82. The summed E-state index contributed by atoms with van der Waals surface area (Å²) >= 11 is 1.75. The van der Waals surface area contributed by atoms with Gasteiger partial charge in [-0.1, -0.05) is 36.4 Å². The molecule has 0 saturated carbocycles. The van der Waals surface area contributed by atoms with Crippen LogP contribution in [0.5, 0.6) is 0 Å². The maximum atomic E-state index is 13.0. The third-order valence-corrected chi connectivity index (χ3v) is 7.57. The number of nitrogens with zero attached hydrogens (tertiary/aromatic N) is 1. The zero-order valence-electron chi connectivity index (χ0n) is 15.3. The van der Waals surface area contributed by atoms with Crippen LogP contribution in [-0.2, 0) is 9.84 Å². The molecule has 1 unspecified atom stereocenters. The Labute approximate surface area is 167 Å². The molecule has 3 rings (SSSR count). The lowest BCUT2D eigenvalue weighted by atomic mass is 10.0. The predicted octanol–water partition coefficient (Wildman–Crippen LogP) is 4.31. The van der Waals surface area contributed by atoms with Crippen molar-refractivity contribution in [2.24, 2.45) is 0 Å². The third kappa shape index (κ3) is 4.22. The summed E-state index contributed by atoms with van der Waals surface area (Å²) < 4.78 is 49.9. The van der Waals surface area contributed by atoms with Crippen LogP contribution in [0.4, 0.5) is 8.78 Å². The van der Waals surface area contributed by atoms with Crippen LogP contribution in [0.1, 0.15) is 33.2 Å². The Hall–Kier alpha value is -1.93. The summed E-state index contributed by atoms with van der Waals surface area (Å²) in [6.45, 7) is 2.93. The zero-order chi connectivity index (χ0) is 20.3. The van der Waals surface area contributed by atoms with Crippen molar-refractivity contribution < 1.29 is 22.0 Å². The number of sulfone groups is 1. The van der Waals surface area contributed by atoms with E-state index in [-0.39, 0.29) is 10.8 Å². The molecule has 1 aliphatic rings. The molecule has 8 heteroatoms. The molecule has 4 nitrogen and oxygen atoms in total. The van der Waals surface area contributed by atoms with Gasteiger partial charge >= 0.3 is 5.76 Å². The molecule has 0 N–H and O–H groups in total. The summed E-state index contributed by atoms with van der Waals surface area (Å²) in [5, 5.41) is 0.235. The standard InChI is InChI=1S/C20H21F2NO3S2/c1-14-6-2-3-7-15(14)17-10-11-23(12-13-27-17)19(24)16-8-4-5-9-18(16)28(25,26)20(21)22/h2-9,17,20H,10-13H2,1H3. The van der Waals surface area contributed by atoms with Crippen molar-refractivity contribution in [3.63, 3.8) is 0 Å². The molecule has 0 aliphatic carbocycles. The lowest BCUT2D eigenvalue weighted by Crippen LogP contribution is -2.34. The molecule has 0 bridgehead atoms. The number of benzene rings is 2. The molecule has 0 aromatic heterocycles. The van der Waals surface area contributed by atoms with E-state index in [0.717, 1.165) is 6.07 Å². The van der Waals surface area contributed by atoms with Gasteiger partial charge in [0.1, 0.15) is 0 Å². The Morgan fingerprint density at radius 2 is 1.79 bits per heavy atom. The van der Waals surface area contributed by atoms with Crippen molar-refractivity contribution in [1.29, 1.82) is 0 Å². The number of amides is 1. The first kappa shape index (κ1) is 20.8. The van der Waals surface area contributed by atoms with Crippen LogP contribution in [0.2, 0.25) is 0 Å². The van der Waals surface area contributed by atoms with Crippen molar-refractivity contribution in [3.8, 4) is 0 Å². The molecule has 1 fully saturated rings. The maximum Gasteiger partial charge on any atom is 0.341 e. The maximum absolute atomic E-state index is 13.0. The van der Waals surface area contributed by atoms with Crippen LogP contribution in [-0.4, -0.2) is 43.8 Å². The molecule has 0 radical (unpaired) electrons. The molecule has 2 aromatic rings. The Bertz CT molecular complexity index is 963. The second-order valence-corrected chi connectivity index (χ2v) is 9.80. The minimum Gasteiger partial charge on any atom is -0.338 e.